The standard InChI is InChI=1S/C11H11ClO2/c12-10-6-2-1-5-9(10)11-13-7-3-4-8-14-11/h1-6,11H,7-8H2. The Balaban J connectivity index is 2.18. The molecular weight excluding hydrogens is 200 g/mol. The van der Waals surface area contributed by atoms with Crippen molar-refractivity contribution in [1.82, 2.24) is 0 Å². The van der Waals surface area contributed by atoms with Gasteiger partial charge in [0.2, 0.25) is 0 Å². The first-order valence-corrected chi connectivity index (χ1v) is 4.88. The molecule has 0 atom stereocenters. The van der Waals surface area contributed by atoms with Gasteiger partial charge in [0.25, 0.3) is 0 Å². The molecule has 0 spiro atoms. The van der Waals surface area contributed by atoms with Crippen LogP contribution < -0.4 is 0 Å². The van der Waals surface area contributed by atoms with Gasteiger partial charge >= 0.3 is 0 Å². The van der Waals surface area contributed by atoms with Crippen molar-refractivity contribution in [2.24, 2.45) is 0 Å². The number of halogens is 1. The highest BCUT2D eigenvalue weighted by molar-refractivity contribution is 6.31. The first kappa shape index (κ1) is 9.71. The van der Waals surface area contributed by atoms with Gasteiger partial charge in [-0.1, -0.05) is 42.0 Å². The zero-order valence-corrected chi connectivity index (χ0v) is 8.41. The van der Waals surface area contributed by atoms with Gasteiger partial charge in [0.05, 0.1) is 13.2 Å². The molecule has 0 saturated heterocycles. The number of hydrogen-bond acceptors (Lipinski definition) is 2. The van der Waals surface area contributed by atoms with Crippen LogP contribution in [0.2, 0.25) is 5.02 Å². The van der Waals surface area contributed by atoms with Crippen LogP contribution in [0.15, 0.2) is 36.4 Å². The first-order chi connectivity index (χ1) is 6.88. The molecule has 1 aliphatic heterocycles. The van der Waals surface area contributed by atoms with E-state index in [1.165, 1.54) is 0 Å². The molecule has 0 bridgehead atoms. The summed E-state index contributed by atoms with van der Waals surface area (Å²) in [5, 5.41) is 0.680. The second-order valence-corrected chi connectivity index (χ2v) is 3.40. The van der Waals surface area contributed by atoms with Gasteiger partial charge in [-0.2, -0.15) is 0 Å². The molecule has 14 heavy (non-hydrogen) atoms. The number of ether oxygens (including phenoxy) is 2. The van der Waals surface area contributed by atoms with Crippen molar-refractivity contribution in [3.8, 4) is 0 Å². The van der Waals surface area contributed by atoms with Gasteiger partial charge in [-0.15, -0.1) is 0 Å². The normalized spacial score (nSPS) is 18.1. The molecule has 1 aromatic carbocycles. The highest BCUT2D eigenvalue weighted by atomic mass is 35.5. The average Bonchev–Trinajstić information content (AvgIpc) is 2.47. The lowest BCUT2D eigenvalue weighted by atomic mass is 10.2. The molecule has 2 nitrogen and oxygen atoms in total. The fraction of sp³-hybridized carbons (Fsp3) is 0.273. The van der Waals surface area contributed by atoms with Crippen LogP contribution in [0.5, 0.6) is 0 Å². The maximum atomic E-state index is 6.03. The van der Waals surface area contributed by atoms with Crippen molar-refractivity contribution in [2.45, 2.75) is 6.29 Å². The van der Waals surface area contributed by atoms with Crippen LogP contribution in [-0.4, -0.2) is 13.2 Å². The molecule has 0 aromatic heterocycles. The van der Waals surface area contributed by atoms with Crippen LogP contribution in [0.4, 0.5) is 0 Å². The summed E-state index contributed by atoms with van der Waals surface area (Å²) in [6.45, 7) is 1.13. The Hall–Kier alpha value is -0.830. The third kappa shape index (κ3) is 2.15. The van der Waals surface area contributed by atoms with E-state index in [9.17, 15) is 0 Å². The summed E-state index contributed by atoms with van der Waals surface area (Å²) in [4.78, 5) is 0. The lowest BCUT2D eigenvalue weighted by Gasteiger charge is -2.16. The topological polar surface area (TPSA) is 18.5 Å². The summed E-state index contributed by atoms with van der Waals surface area (Å²) in [6, 6.07) is 7.56. The molecule has 0 saturated carbocycles. The van der Waals surface area contributed by atoms with Crippen LogP contribution in [-0.2, 0) is 9.47 Å². The zero-order chi connectivity index (χ0) is 9.80. The first-order valence-electron chi connectivity index (χ1n) is 4.50. The van der Waals surface area contributed by atoms with Gasteiger partial charge in [-0.3, -0.25) is 0 Å². The molecule has 0 amide bonds. The number of rotatable bonds is 1. The summed E-state index contributed by atoms with van der Waals surface area (Å²) in [5.41, 5.74) is 0.887. The molecule has 0 fully saturated rings. The van der Waals surface area contributed by atoms with Crippen LogP contribution in [0.1, 0.15) is 11.9 Å². The molecule has 1 heterocycles. The maximum Gasteiger partial charge on any atom is 0.185 e. The zero-order valence-electron chi connectivity index (χ0n) is 7.65. The molecule has 0 unspecified atom stereocenters. The average molecular weight is 211 g/mol. The molecular formula is C11H11ClO2. The Morgan fingerprint density at radius 1 is 1.07 bits per heavy atom. The quantitative estimate of drug-likeness (QED) is 0.664. The lowest BCUT2D eigenvalue weighted by Crippen LogP contribution is -2.07. The summed E-state index contributed by atoms with van der Waals surface area (Å²) in [7, 11) is 0. The maximum absolute atomic E-state index is 6.03. The Labute approximate surface area is 88.1 Å². The highest BCUT2D eigenvalue weighted by Gasteiger charge is 2.15. The van der Waals surface area contributed by atoms with Crippen molar-refractivity contribution in [3.63, 3.8) is 0 Å². The van der Waals surface area contributed by atoms with Crippen LogP contribution in [0.3, 0.4) is 0 Å². The molecule has 74 valence electrons. The van der Waals surface area contributed by atoms with E-state index in [2.05, 4.69) is 0 Å². The summed E-state index contributed by atoms with van der Waals surface area (Å²) in [6.07, 6.45) is 3.53. The van der Waals surface area contributed by atoms with E-state index in [-0.39, 0.29) is 6.29 Å². The Morgan fingerprint density at radius 2 is 1.71 bits per heavy atom. The molecule has 1 aromatic rings. The smallest absolute Gasteiger partial charge is 0.185 e. The minimum absolute atomic E-state index is 0.348. The van der Waals surface area contributed by atoms with E-state index in [0.29, 0.717) is 18.2 Å². The summed E-state index contributed by atoms with van der Waals surface area (Å²) >= 11 is 6.03. The van der Waals surface area contributed by atoms with Gasteiger partial charge < -0.3 is 9.47 Å². The lowest BCUT2D eigenvalue weighted by molar-refractivity contribution is -0.125. The Kier molecular flexibility index (Phi) is 3.19. The molecule has 3 heteroatoms. The van der Waals surface area contributed by atoms with Gasteiger partial charge in [0, 0.05) is 10.6 Å². The third-order valence-corrected chi connectivity index (χ3v) is 2.36. The van der Waals surface area contributed by atoms with Gasteiger partial charge in [-0.05, 0) is 6.07 Å². The third-order valence-electron chi connectivity index (χ3n) is 2.01. The highest BCUT2D eigenvalue weighted by Crippen LogP contribution is 2.27. The molecule has 0 radical (unpaired) electrons. The van der Waals surface area contributed by atoms with Crippen LogP contribution in [0.25, 0.3) is 0 Å². The van der Waals surface area contributed by atoms with Gasteiger partial charge in [-0.25, -0.2) is 0 Å². The van der Waals surface area contributed by atoms with Crippen LogP contribution in [0, 0.1) is 0 Å². The SMILES string of the molecule is Clc1ccccc1C1OCC=CCO1. The summed E-state index contributed by atoms with van der Waals surface area (Å²) in [5.74, 6) is 0. The summed E-state index contributed by atoms with van der Waals surface area (Å²) < 4.78 is 11.0. The van der Waals surface area contributed by atoms with Crippen molar-refractivity contribution in [1.29, 1.82) is 0 Å². The van der Waals surface area contributed by atoms with Crippen LogP contribution >= 0.6 is 11.6 Å². The predicted molar refractivity (Wildman–Crippen MR) is 55.2 cm³/mol. The fourth-order valence-corrected chi connectivity index (χ4v) is 1.54. The molecule has 0 N–H and O–H groups in total. The Bertz CT molecular complexity index is 326. The minimum atomic E-state index is -0.348. The van der Waals surface area contributed by atoms with Crippen molar-refractivity contribution in [2.75, 3.05) is 13.2 Å². The fourth-order valence-electron chi connectivity index (χ4n) is 1.32. The van der Waals surface area contributed by atoms with Crippen molar-refractivity contribution in [3.05, 3.63) is 47.0 Å². The number of benzene rings is 1. The monoisotopic (exact) mass is 210 g/mol. The predicted octanol–water partition coefficient (Wildman–Crippen LogP) is 2.94. The molecule has 0 aliphatic carbocycles. The van der Waals surface area contributed by atoms with E-state index in [1.807, 2.05) is 36.4 Å². The molecule has 2 rings (SSSR count). The van der Waals surface area contributed by atoms with Crippen molar-refractivity contribution < 1.29 is 9.47 Å². The molecule has 1 aliphatic rings. The van der Waals surface area contributed by atoms with E-state index in [0.717, 1.165) is 5.56 Å². The second kappa shape index (κ2) is 4.60. The van der Waals surface area contributed by atoms with E-state index < -0.39 is 0 Å². The largest absolute Gasteiger partial charge is 0.344 e. The van der Waals surface area contributed by atoms with E-state index >= 15 is 0 Å². The van der Waals surface area contributed by atoms with E-state index in [4.69, 9.17) is 21.1 Å². The van der Waals surface area contributed by atoms with E-state index in [1.54, 1.807) is 0 Å². The van der Waals surface area contributed by atoms with Gasteiger partial charge in [0.15, 0.2) is 6.29 Å². The second-order valence-electron chi connectivity index (χ2n) is 2.99. The van der Waals surface area contributed by atoms with Crippen molar-refractivity contribution >= 4 is 11.6 Å². The minimum Gasteiger partial charge on any atom is -0.344 e. The van der Waals surface area contributed by atoms with Gasteiger partial charge in [0.1, 0.15) is 0 Å². The number of hydrogen-bond donors (Lipinski definition) is 0. The Morgan fingerprint density at radius 3 is 2.36 bits per heavy atom.